The number of nitrogens with zero attached hydrogens (tertiary/aromatic N) is 4. The Bertz CT molecular complexity index is 868. The normalized spacial score (nSPS) is 20.5. The largest absolute Gasteiger partial charge is 0.360 e. The fraction of sp³-hybridized carbons (Fsp3) is 0.500. The summed E-state index contributed by atoms with van der Waals surface area (Å²) < 4.78 is 5.29. The van der Waals surface area contributed by atoms with E-state index >= 15 is 0 Å². The summed E-state index contributed by atoms with van der Waals surface area (Å²) in [5, 5.41) is 3.92. The maximum Gasteiger partial charge on any atom is 0.228 e. The standard InChI is InChI=1S/C22H28N4O3/c1-3-17-4-6-19(7-5-17)26-14-18(13-21(26)27)22(28)25-10-8-24(9-11-25)15-20-12-16(2)23-29-20/h4-7,12,18H,3,8-11,13-15H2,1-2H3. The van der Waals surface area contributed by atoms with Crippen LogP contribution in [-0.2, 0) is 22.6 Å². The van der Waals surface area contributed by atoms with Crippen LogP contribution in [0.15, 0.2) is 34.9 Å². The van der Waals surface area contributed by atoms with Crippen LogP contribution in [0.4, 0.5) is 5.69 Å². The van der Waals surface area contributed by atoms with E-state index in [1.165, 1.54) is 5.56 Å². The Balaban J connectivity index is 1.31. The molecule has 0 aliphatic carbocycles. The van der Waals surface area contributed by atoms with Crippen molar-refractivity contribution in [2.75, 3.05) is 37.6 Å². The molecular weight excluding hydrogens is 368 g/mol. The number of rotatable bonds is 5. The van der Waals surface area contributed by atoms with E-state index < -0.39 is 0 Å². The second-order valence-corrected chi connectivity index (χ2v) is 7.96. The number of carbonyl (C=O) groups is 2. The number of aromatic nitrogens is 1. The van der Waals surface area contributed by atoms with Gasteiger partial charge in [-0.05, 0) is 31.0 Å². The van der Waals surface area contributed by atoms with Gasteiger partial charge >= 0.3 is 0 Å². The van der Waals surface area contributed by atoms with Crippen molar-refractivity contribution in [2.45, 2.75) is 33.2 Å². The Labute approximate surface area is 171 Å². The summed E-state index contributed by atoms with van der Waals surface area (Å²) in [4.78, 5) is 31.4. The predicted molar refractivity (Wildman–Crippen MR) is 109 cm³/mol. The number of benzene rings is 1. The molecule has 1 atom stereocenters. The number of carbonyl (C=O) groups excluding carboxylic acids is 2. The van der Waals surface area contributed by atoms with Gasteiger partial charge in [0.05, 0.1) is 18.2 Å². The third kappa shape index (κ3) is 4.34. The predicted octanol–water partition coefficient (Wildman–Crippen LogP) is 2.24. The van der Waals surface area contributed by atoms with E-state index in [2.05, 4.69) is 17.0 Å². The highest BCUT2D eigenvalue weighted by atomic mass is 16.5. The molecule has 3 heterocycles. The fourth-order valence-electron chi connectivity index (χ4n) is 4.13. The first-order valence-electron chi connectivity index (χ1n) is 10.4. The van der Waals surface area contributed by atoms with E-state index in [1.54, 1.807) is 4.90 Å². The van der Waals surface area contributed by atoms with E-state index in [9.17, 15) is 9.59 Å². The quantitative estimate of drug-likeness (QED) is 0.775. The first kappa shape index (κ1) is 19.6. The van der Waals surface area contributed by atoms with Gasteiger partial charge in [-0.2, -0.15) is 0 Å². The first-order chi connectivity index (χ1) is 14.0. The lowest BCUT2D eigenvalue weighted by Crippen LogP contribution is -2.50. The number of amides is 2. The molecule has 2 saturated heterocycles. The summed E-state index contributed by atoms with van der Waals surface area (Å²) in [6, 6.07) is 10.0. The minimum absolute atomic E-state index is 0.0342. The summed E-state index contributed by atoms with van der Waals surface area (Å²) >= 11 is 0. The molecule has 2 aliphatic rings. The van der Waals surface area contributed by atoms with Gasteiger partial charge in [-0.15, -0.1) is 0 Å². The summed E-state index contributed by atoms with van der Waals surface area (Å²) in [7, 11) is 0. The molecule has 154 valence electrons. The van der Waals surface area contributed by atoms with E-state index in [0.717, 1.165) is 36.7 Å². The Morgan fingerprint density at radius 3 is 2.52 bits per heavy atom. The van der Waals surface area contributed by atoms with Gasteiger partial charge in [-0.25, -0.2) is 0 Å². The van der Waals surface area contributed by atoms with Gasteiger partial charge < -0.3 is 14.3 Å². The Morgan fingerprint density at radius 2 is 1.90 bits per heavy atom. The highest BCUT2D eigenvalue weighted by Crippen LogP contribution is 2.27. The second kappa shape index (κ2) is 8.37. The van der Waals surface area contributed by atoms with E-state index in [4.69, 9.17) is 4.52 Å². The Kier molecular flexibility index (Phi) is 5.67. The van der Waals surface area contributed by atoms with Crippen molar-refractivity contribution in [1.82, 2.24) is 15.0 Å². The van der Waals surface area contributed by atoms with Gasteiger partial charge in [0.1, 0.15) is 0 Å². The lowest BCUT2D eigenvalue weighted by atomic mass is 10.1. The van der Waals surface area contributed by atoms with Crippen LogP contribution in [-0.4, -0.2) is 59.5 Å². The smallest absolute Gasteiger partial charge is 0.228 e. The SMILES string of the molecule is CCc1ccc(N2CC(C(=O)N3CCN(Cc4cc(C)no4)CC3)CC2=O)cc1. The lowest BCUT2D eigenvalue weighted by Gasteiger charge is -2.35. The van der Waals surface area contributed by atoms with E-state index in [1.807, 2.05) is 42.2 Å². The molecule has 1 unspecified atom stereocenters. The molecule has 2 amide bonds. The van der Waals surface area contributed by atoms with Crippen LogP contribution >= 0.6 is 0 Å². The lowest BCUT2D eigenvalue weighted by molar-refractivity contribution is -0.137. The maximum atomic E-state index is 13.0. The molecule has 7 nitrogen and oxygen atoms in total. The molecule has 7 heteroatoms. The van der Waals surface area contributed by atoms with E-state index in [-0.39, 0.29) is 17.7 Å². The van der Waals surface area contributed by atoms with Gasteiger partial charge in [0.15, 0.2) is 5.76 Å². The Hall–Kier alpha value is -2.67. The van der Waals surface area contributed by atoms with Gasteiger partial charge in [0.25, 0.3) is 0 Å². The molecule has 0 saturated carbocycles. The summed E-state index contributed by atoms with van der Waals surface area (Å²) in [6.07, 6.45) is 1.27. The number of hydrogen-bond donors (Lipinski definition) is 0. The molecular formula is C22H28N4O3. The van der Waals surface area contributed by atoms with Gasteiger partial charge in [0.2, 0.25) is 11.8 Å². The molecule has 1 aromatic heterocycles. The van der Waals surface area contributed by atoms with Gasteiger partial charge in [-0.1, -0.05) is 24.2 Å². The van der Waals surface area contributed by atoms with Crippen molar-refractivity contribution in [3.05, 3.63) is 47.3 Å². The van der Waals surface area contributed by atoms with Crippen molar-refractivity contribution in [3.63, 3.8) is 0 Å². The van der Waals surface area contributed by atoms with Gasteiger partial charge in [0, 0.05) is 50.9 Å². The summed E-state index contributed by atoms with van der Waals surface area (Å²) in [5.41, 5.74) is 3.01. The molecule has 2 aromatic rings. The summed E-state index contributed by atoms with van der Waals surface area (Å²) in [5.74, 6) is 0.735. The molecule has 2 fully saturated rings. The van der Waals surface area contributed by atoms with Gasteiger partial charge in [-0.3, -0.25) is 14.5 Å². The number of hydrogen-bond acceptors (Lipinski definition) is 5. The number of anilines is 1. The number of aryl methyl sites for hydroxylation is 2. The van der Waals surface area contributed by atoms with Crippen LogP contribution in [0.2, 0.25) is 0 Å². The van der Waals surface area contributed by atoms with E-state index in [0.29, 0.717) is 32.6 Å². The van der Waals surface area contributed by atoms with Crippen LogP contribution in [0.5, 0.6) is 0 Å². The maximum absolute atomic E-state index is 13.0. The molecule has 1 aromatic carbocycles. The molecule has 0 bridgehead atoms. The molecule has 2 aliphatic heterocycles. The molecule has 0 N–H and O–H groups in total. The monoisotopic (exact) mass is 396 g/mol. The molecule has 0 radical (unpaired) electrons. The van der Waals surface area contributed by atoms with Crippen LogP contribution in [0.3, 0.4) is 0 Å². The van der Waals surface area contributed by atoms with Crippen LogP contribution in [0, 0.1) is 12.8 Å². The zero-order chi connectivity index (χ0) is 20.4. The molecule has 29 heavy (non-hydrogen) atoms. The highest BCUT2D eigenvalue weighted by molar-refractivity contribution is 6.00. The highest BCUT2D eigenvalue weighted by Gasteiger charge is 2.37. The first-order valence-corrected chi connectivity index (χ1v) is 10.4. The van der Waals surface area contributed by atoms with Crippen molar-refractivity contribution in [3.8, 4) is 0 Å². The second-order valence-electron chi connectivity index (χ2n) is 7.96. The van der Waals surface area contributed by atoms with Crippen molar-refractivity contribution in [2.24, 2.45) is 5.92 Å². The fourth-order valence-corrected chi connectivity index (χ4v) is 4.13. The van der Waals surface area contributed by atoms with Crippen molar-refractivity contribution in [1.29, 1.82) is 0 Å². The zero-order valence-corrected chi connectivity index (χ0v) is 17.1. The minimum atomic E-state index is -0.253. The van der Waals surface area contributed by atoms with Crippen LogP contribution < -0.4 is 4.90 Å². The average Bonchev–Trinajstić information content (AvgIpc) is 3.33. The van der Waals surface area contributed by atoms with Crippen LogP contribution in [0.1, 0.15) is 30.4 Å². The number of piperazine rings is 1. The third-order valence-electron chi connectivity index (χ3n) is 5.87. The zero-order valence-electron chi connectivity index (χ0n) is 17.1. The minimum Gasteiger partial charge on any atom is -0.360 e. The summed E-state index contributed by atoms with van der Waals surface area (Å²) in [6.45, 7) is 8.17. The molecule has 4 rings (SSSR count). The van der Waals surface area contributed by atoms with Crippen LogP contribution in [0.25, 0.3) is 0 Å². The molecule has 0 spiro atoms. The topological polar surface area (TPSA) is 69.9 Å². The van der Waals surface area contributed by atoms with Crippen molar-refractivity contribution >= 4 is 17.5 Å². The third-order valence-corrected chi connectivity index (χ3v) is 5.87. The Morgan fingerprint density at radius 1 is 1.17 bits per heavy atom. The average molecular weight is 396 g/mol. The van der Waals surface area contributed by atoms with Crippen molar-refractivity contribution < 1.29 is 14.1 Å².